The Morgan fingerprint density at radius 1 is 1.00 bits per heavy atom. The lowest BCUT2D eigenvalue weighted by Gasteiger charge is -2.23. The Bertz CT molecular complexity index is 1560. The van der Waals surface area contributed by atoms with Gasteiger partial charge >= 0.3 is 0 Å². The second-order valence-electron chi connectivity index (χ2n) is 10.1. The molecule has 0 bridgehead atoms. The van der Waals surface area contributed by atoms with E-state index in [1.807, 2.05) is 12.1 Å². The first-order chi connectivity index (χ1) is 18.5. The number of hydrogen-bond acceptors (Lipinski definition) is 7. The molecule has 0 aliphatic heterocycles. The Morgan fingerprint density at radius 2 is 1.82 bits per heavy atom. The Kier molecular flexibility index (Phi) is 6.61. The molecule has 4 aromatic rings. The normalized spacial score (nSPS) is 15.8. The van der Waals surface area contributed by atoms with Crippen molar-refractivity contribution < 1.29 is 13.2 Å². The highest BCUT2D eigenvalue weighted by Gasteiger charge is 2.25. The number of H-pyrrole nitrogens is 1. The van der Waals surface area contributed by atoms with Crippen LogP contribution in [0.1, 0.15) is 55.2 Å². The van der Waals surface area contributed by atoms with Crippen LogP contribution in [-0.4, -0.2) is 34.7 Å². The van der Waals surface area contributed by atoms with Crippen molar-refractivity contribution in [3.63, 3.8) is 0 Å². The summed E-state index contributed by atoms with van der Waals surface area (Å²) in [7, 11) is -3.81. The molecule has 9 heteroatoms. The molecule has 1 fully saturated rings. The number of ether oxygens (including phenoxy) is 1. The van der Waals surface area contributed by atoms with E-state index in [1.165, 1.54) is 30.4 Å². The van der Waals surface area contributed by atoms with Gasteiger partial charge in [-0.05, 0) is 92.3 Å². The molecule has 2 heterocycles. The third-order valence-electron chi connectivity index (χ3n) is 7.47. The van der Waals surface area contributed by atoms with E-state index in [0.717, 1.165) is 54.5 Å². The average Bonchev–Trinajstić information content (AvgIpc) is 3.60. The number of anilines is 2. The lowest BCUT2D eigenvalue weighted by molar-refractivity contribution is 0.149. The molecule has 6 rings (SSSR count). The molecule has 8 nitrogen and oxygen atoms in total. The quantitative estimate of drug-likeness (QED) is 0.304. The van der Waals surface area contributed by atoms with Gasteiger partial charge < -0.3 is 10.1 Å². The number of sulfone groups is 1. The van der Waals surface area contributed by atoms with Crippen molar-refractivity contribution in [2.24, 2.45) is 0 Å². The number of pyridine rings is 1. The van der Waals surface area contributed by atoms with E-state index in [0.29, 0.717) is 5.88 Å². The van der Waals surface area contributed by atoms with Crippen LogP contribution < -0.4 is 10.1 Å². The predicted octanol–water partition coefficient (Wildman–Crippen LogP) is 5.95. The largest absolute Gasteiger partial charge is 0.474 e. The van der Waals surface area contributed by atoms with Crippen LogP contribution in [0.4, 0.5) is 11.6 Å². The van der Waals surface area contributed by atoms with E-state index in [4.69, 9.17) is 4.74 Å². The number of aromatic amines is 1. The molecule has 0 radical (unpaired) electrons. The average molecular weight is 530 g/mol. The molecule has 1 saturated carbocycles. The Labute approximate surface area is 222 Å². The van der Waals surface area contributed by atoms with E-state index in [1.54, 1.807) is 36.5 Å². The molecule has 2 aromatic heterocycles. The van der Waals surface area contributed by atoms with Gasteiger partial charge in [-0.2, -0.15) is 4.98 Å². The van der Waals surface area contributed by atoms with Gasteiger partial charge in [0.15, 0.2) is 0 Å². The molecular formula is C29H31N5O3S. The van der Waals surface area contributed by atoms with Gasteiger partial charge in [0.2, 0.25) is 26.8 Å². The van der Waals surface area contributed by atoms with Crippen LogP contribution in [0, 0.1) is 6.92 Å². The lowest BCUT2D eigenvalue weighted by atomic mass is 9.93. The first-order valence-corrected chi connectivity index (χ1v) is 14.8. The molecule has 2 N–H and O–H groups in total. The van der Waals surface area contributed by atoms with Crippen LogP contribution in [0.25, 0.3) is 11.1 Å². The maximum Gasteiger partial charge on any atom is 0.249 e. The maximum atomic E-state index is 13.0. The van der Waals surface area contributed by atoms with E-state index < -0.39 is 9.84 Å². The maximum absolute atomic E-state index is 13.0. The number of rotatable bonds is 7. The molecule has 38 heavy (non-hydrogen) atoms. The van der Waals surface area contributed by atoms with Crippen LogP contribution in [0.5, 0.6) is 5.88 Å². The molecule has 0 unspecified atom stereocenters. The van der Waals surface area contributed by atoms with Gasteiger partial charge in [0.1, 0.15) is 6.10 Å². The summed E-state index contributed by atoms with van der Waals surface area (Å²) in [4.78, 5) is 9.00. The lowest BCUT2D eigenvalue weighted by Crippen LogP contribution is -2.20. The third kappa shape index (κ3) is 4.78. The van der Waals surface area contributed by atoms with Crippen molar-refractivity contribution in [1.29, 1.82) is 0 Å². The standard InChI is InChI=1S/C29H31N5O3S/c1-19-17-20-9-8-14-24(20)27(26(19)21-15-16-30-25(18-21)37-22-10-4-2-5-11-22)31-28-32-29(34-33-28)38(35,36)23-12-6-3-7-13-23/h3,6-7,12-13,15-18,22H,2,4-5,8-11,14H2,1H3,(H2,31,32,33,34). The molecule has 2 aromatic carbocycles. The smallest absolute Gasteiger partial charge is 0.249 e. The van der Waals surface area contributed by atoms with E-state index >= 15 is 0 Å². The summed E-state index contributed by atoms with van der Waals surface area (Å²) in [5, 5.41) is 10.0. The van der Waals surface area contributed by atoms with Gasteiger partial charge in [0.25, 0.3) is 0 Å². The molecule has 0 spiro atoms. The fraction of sp³-hybridized carbons (Fsp3) is 0.345. The van der Waals surface area contributed by atoms with Crippen molar-refractivity contribution >= 4 is 21.5 Å². The number of nitrogens with zero attached hydrogens (tertiary/aromatic N) is 3. The van der Waals surface area contributed by atoms with Crippen LogP contribution in [-0.2, 0) is 22.7 Å². The Morgan fingerprint density at radius 3 is 2.63 bits per heavy atom. The number of fused-ring (bicyclic) bond motifs is 1. The van der Waals surface area contributed by atoms with Gasteiger partial charge in [0.05, 0.1) is 10.6 Å². The van der Waals surface area contributed by atoms with Crippen LogP contribution in [0.15, 0.2) is 64.8 Å². The number of hydrogen-bond donors (Lipinski definition) is 2. The molecule has 0 amide bonds. The van der Waals surface area contributed by atoms with Crippen molar-refractivity contribution in [2.75, 3.05) is 5.32 Å². The van der Waals surface area contributed by atoms with E-state index in [9.17, 15) is 8.42 Å². The van der Waals surface area contributed by atoms with Crippen molar-refractivity contribution in [3.8, 4) is 17.0 Å². The highest BCUT2D eigenvalue weighted by atomic mass is 32.2. The zero-order valence-corrected chi connectivity index (χ0v) is 22.2. The zero-order valence-electron chi connectivity index (χ0n) is 21.4. The fourth-order valence-corrected chi connectivity index (χ4v) is 6.74. The molecule has 2 aliphatic carbocycles. The summed E-state index contributed by atoms with van der Waals surface area (Å²) in [6, 6.07) is 14.5. The molecule has 0 atom stereocenters. The minimum absolute atomic E-state index is 0.169. The molecule has 0 saturated heterocycles. The third-order valence-corrected chi connectivity index (χ3v) is 9.05. The highest BCUT2D eigenvalue weighted by Crippen LogP contribution is 2.42. The fourth-order valence-electron chi connectivity index (χ4n) is 5.63. The Hall–Kier alpha value is -3.72. The van der Waals surface area contributed by atoms with Gasteiger partial charge in [0, 0.05) is 17.8 Å². The number of aromatic nitrogens is 4. The highest BCUT2D eigenvalue weighted by molar-refractivity contribution is 7.91. The van der Waals surface area contributed by atoms with Gasteiger partial charge in [-0.1, -0.05) is 30.7 Å². The summed E-state index contributed by atoms with van der Waals surface area (Å²) >= 11 is 0. The number of benzene rings is 2. The predicted molar refractivity (Wildman–Crippen MR) is 145 cm³/mol. The minimum atomic E-state index is -3.81. The molecule has 2 aliphatic rings. The topological polar surface area (TPSA) is 110 Å². The summed E-state index contributed by atoms with van der Waals surface area (Å²) in [6.07, 6.45) is 10.8. The summed E-state index contributed by atoms with van der Waals surface area (Å²) in [5.74, 6) is 0.850. The first-order valence-electron chi connectivity index (χ1n) is 13.3. The van der Waals surface area contributed by atoms with Crippen LogP contribution in [0.2, 0.25) is 0 Å². The van der Waals surface area contributed by atoms with E-state index in [-0.39, 0.29) is 22.1 Å². The second kappa shape index (κ2) is 10.2. The van der Waals surface area contributed by atoms with Crippen LogP contribution in [0.3, 0.4) is 0 Å². The van der Waals surface area contributed by atoms with Gasteiger partial charge in [-0.25, -0.2) is 18.5 Å². The van der Waals surface area contributed by atoms with Gasteiger partial charge in [-0.3, -0.25) is 0 Å². The second-order valence-corrected chi connectivity index (χ2v) is 12.0. The molecule has 196 valence electrons. The van der Waals surface area contributed by atoms with Crippen LogP contribution >= 0.6 is 0 Å². The number of aryl methyl sites for hydroxylation is 2. The van der Waals surface area contributed by atoms with Crippen molar-refractivity contribution in [3.05, 3.63) is 71.4 Å². The van der Waals surface area contributed by atoms with Crippen molar-refractivity contribution in [1.82, 2.24) is 20.2 Å². The van der Waals surface area contributed by atoms with E-state index in [2.05, 4.69) is 38.5 Å². The first kappa shape index (κ1) is 24.6. The number of nitrogens with one attached hydrogen (secondary N) is 2. The minimum Gasteiger partial charge on any atom is -0.474 e. The van der Waals surface area contributed by atoms with Gasteiger partial charge in [-0.15, -0.1) is 5.10 Å². The summed E-state index contributed by atoms with van der Waals surface area (Å²) in [5.41, 5.74) is 6.57. The Balaban J connectivity index is 1.36. The van der Waals surface area contributed by atoms with Crippen molar-refractivity contribution in [2.45, 2.75) is 74.4 Å². The monoisotopic (exact) mass is 529 g/mol. The molecular weight excluding hydrogens is 498 g/mol. The summed E-state index contributed by atoms with van der Waals surface area (Å²) < 4.78 is 32.4. The SMILES string of the molecule is Cc1cc2c(c(Nc3n[nH]c(S(=O)(=O)c4ccccc4)n3)c1-c1ccnc(OC3CCCCC3)c1)CCC2. The summed E-state index contributed by atoms with van der Waals surface area (Å²) in [6.45, 7) is 2.10. The zero-order chi connectivity index (χ0) is 26.1.